The van der Waals surface area contributed by atoms with E-state index in [1.54, 1.807) is 13.0 Å². The summed E-state index contributed by atoms with van der Waals surface area (Å²) in [5.74, 6) is -0.974. The second-order valence-electron chi connectivity index (χ2n) is 6.87. The first kappa shape index (κ1) is 21.8. The molecule has 0 saturated carbocycles. The molecule has 0 bridgehead atoms. The fourth-order valence-corrected chi connectivity index (χ4v) is 4.67. The van der Waals surface area contributed by atoms with Crippen LogP contribution in [0.2, 0.25) is 0 Å². The Labute approximate surface area is 173 Å². The molecule has 0 spiro atoms. The fourth-order valence-electron chi connectivity index (χ4n) is 3.22. The van der Waals surface area contributed by atoms with Crippen LogP contribution in [0.15, 0.2) is 53.4 Å². The molecule has 1 N–H and O–H groups in total. The Balaban J connectivity index is 1.61. The Bertz CT molecular complexity index is 1050. The van der Waals surface area contributed by atoms with E-state index in [9.17, 15) is 27.7 Å². The van der Waals surface area contributed by atoms with Gasteiger partial charge in [0.25, 0.3) is 5.69 Å². The predicted octanol–water partition coefficient (Wildman–Crippen LogP) is 2.07. The molecule has 1 aliphatic heterocycles. The van der Waals surface area contributed by atoms with Crippen molar-refractivity contribution >= 4 is 27.3 Å². The lowest BCUT2D eigenvalue weighted by atomic mass is 10.2. The Morgan fingerprint density at radius 1 is 1.13 bits per heavy atom. The van der Waals surface area contributed by atoms with E-state index in [0.29, 0.717) is 18.8 Å². The molecule has 1 atom stereocenters. The molecule has 3 rings (SSSR count). The molecule has 1 heterocycles. The van der Waals surface area contributed by atoms with Crippen LogP contribution in [-0.4, -0.2) is 60.7 Å². The van der Waals surface area contributed by atoms with E-state index in [2.05, 4.69) is 5.32 Å². The van der Waals surface area contributed by atoms with E-state index in [4.69, 9.17) is 0 Å². The van der Waals surface area contributed by atoms with Gasteiger partial charge in [-0.15, -0.1) is 0 Å². The van der Waals surface area contributed by atoms with Crippen LogP contribution in [0.4, 0.5) is 15.8 Å². The van der Waals surface area contributed by atoms with Crippen LogP contribution in [0.1, 0.15) is 6.92 Å². The van der Waals surface area contributed by atoms with Gasteiger partial charge in [0.05, 0.1) is 15.9 Å². The average Bonchev–Trinajstić information content (AvgIpc) is 2.73. The summed E-state index contributed by atoms with van der Waals surface area (Å²) < 4.78 is 40.0. The van der Waals surface area contributed by atoms with Gasteiger partial charge in [-0.1, -0.05) is 12.1 Å². The lowest BCUT2D eigenvalue weighted by Gasteiger charge is -2.36. The van der Waals surface area contributed by atoms with Gasteiger partial charge in [-0.25, -0.2) is 12.8 Å². The Hall–Kier alpha value is -2.89. The number of carbonyl (C=O) groups is 1. The van der Waals surface area contributed by atoms with Gasteiger partial charge in [-0.2, -0.15) is 4.31 Å². The maximum Gasteiger partial charge on any atom is 0.271 e. The molecular formula is C19H21FN4O5S. The number of halogens is 1. The molecule has 1 amide bonds. The number of nitrogens with one attached hydrogen (secondary N) is 1. The lowest BCUT2D eigenvalue weighted by molar-refractivity contribution is -0.384. The molecule has 2 aromatic rings. The summed E-state index contributed by atoms with van der Waals surface area (Å²) in [7, 11) is -3.81. The zero-order valence-corrected chi connectivity index (χ0v) is 17.0. The highest BCUT2D eigenvalue weighted by atomic mass is 32.2. The van der Waals surface area contributed by atoms with Crippen LogP contribution < -0.4 is 5.32 Å². The summed E-state index contributed by atoms with van der Waals surface area (Å²) in [6.07, 6.45) is 0. The van der Waals surface area contributed by atoms with Gasteiger partial charge in [0.2, 0.25) is 15.9 Å². The van der Waals surface area contributed by atoms with Crippen LogP contribution >= 0.6 is 0 Å². The van der Waals surface area contributed by atoms with Crippen molar-refractivity contribution in [1.29, 1.82) is 0 Å². The number of amides is 1. The first-order valence-corrected chi connectivity index (χ1v) is 10.7. The zero-order chi connectivity index (χ0) is 21.9. The topological polar surface area (TPSA) is 113 Å². The monoisotopic (exact) mass is 436 g/mol. The highest BCUT2D eigenvalue weighted by molar-refractivity contribution is 7.89. The summed E-state index contributed by atoms with van der Waals surface area (Å²) in [6.45, 7) is 2.64. The predicted molar refractivity (Wildman–Crippen MR) is 108 cm³/mol. The van der Waals surface area contributed by atoms with Crippen molar-refractivity contribution in [2.24, 2.45) is 0 Å². The molecule has 1 fully saturated rings. The molecule has 1 saturated heterocycles. The van der Waals surface area contributed by atoms with Gasteiger partial charge < -0.3 is 5.32 Å². The summed E-state index contributed by atoms with van der Waals surface area (Å²) >= 11 is 0. The summed E-state index contributed by atoms with van der Waals surface area (Å²) in [6, 6.07) is 9.93. The van der Waals surface area contributed by atoms with E-state index in [-0.39, 0.29) is 29.6 Å². The minimum Gasteiger partial charge on any atom is -0.324 e. The van der Waals surface area contributed by atoms with Gasteiger partial charge in [0.15, 0.2) is 0 Å². The maximum atomic E-state index is 13.4. The van der Waals surface area contributed by atoms with Crippen molar-refractivity contribution in [2.75, 3.05) is 31.5 Å². The third-order valence-corrected chi connectivity index (χ3v) is 6.85. The molecule has 0 unspecified atom stereocenters. The van der Waals surface area contributed by atoms with Crippen LogP contribution in [0, 0.1) is 15.9 Å². The number of anilines is 1. The van der Waals surface area contributed by atoms with E-state index in [0.717, 1.165) is 6.07 Å². The first-order valence-electron chi connectivity index (χ1n) is 9.23. The molecule has 1 aliphatic rings. The van der Waals surface area contributed by atoms with Gasteiger partial charge in [0, 0.05) is 44.0 Å². The average molecular weight is 436 g/mol. The number of nitro groups is 1. The van der Waals surface area contributed by atoms with Gasteiger partial charge in [0.1, 0.15) is 5.82 Å². The van der Waals surface area contributed by atoms with Gasteiger partial charge >= 0.3 is 0 Å². The highest BCUT2D eigenvalue weighted by Crippen LogP contribution is 2.20. The Morgan fingerprint density at radius 3 is 2.43 bits per heavy atom. The summed E-state index contributed by atoms with van der Waals surface area (Å²) in [5.41, 5.74) is 0.185. The summed E-state index contributed by atoms with van der Waals surface area (Å²) in [4.78, 5) is 24.6. The maximum absolute atomic E-state index is 13.4. The molecule has 9 nitrogen and oxygen atoms in total. The van der Waals surface area contributed by atoms with Crippen molar-refractivity contribution in [2.45, 2.75) is 17.9 Å². The number of benzene rings is 2. The number of carbonyl (C=O) groups excluding carboxylic acids is 1. The largest absolute Gasteiger partial charge is 0.324 e. The second-order valence-corrected chi connectivity index (χ2v) is 8.81. The van der Waals surface area contributed by atoms with Gasteiger partial charge in [-0.05, 0) is 31.2 Å². The number of nitro benzene ring substituents is 1. The molecular weight excluding hydrogens is 415 g/mol. The highest BCUT2D eigenvalue weighted by Gasteiger charge is 2.32. The van der Waals surface area contributed by atoms with Crippen molar-refractivity contribution < 1.29 is 22.5 Å². The van der Waals surface area contributed by atoms with Crippen LogP contribution in [-0.2, 0) is 14.8 Å². The summed E-state index contributed by atoms with van der Waals surface area (Å²) in [5, 5.41) is 13.5. The van der Waals surface area contributed by atoms with Crippen molar-refractivity contribution in [1.82, 2.24) is 9.21 Å². The zero-order valence-electron chi connectivity index (χ0n) is 16.2. The molecule has 160 valence electrons. The van der Waals surface area contributed by atoms with E-state index < -0.39 is 26.8 Å². The van der Waals surface area contributed by atoms with E-state index in [1.165, 1.54) is 40.7 Å². The number of piperazine rings is 1. The Kier molecular flexibility index (Phi) is 6.44. The number of hydrogen-bond donors (Lipinski definition) is 1. The van der Waals surface area contributed by atoms with E-state index >= 15 is 0 Å². The minimum atomic E-state index is -3.81. The second kappa shape index (κ2) is 8.86. The van der Waals surface area contributed by atoms with Crippen molar-refractivity contribution in [3.63, 3.8) is 0 Å². The van der Waals surface area contributed by atoms with E-state index in [1.807, 2.05) is 4.90 Å². The smallest absolute Gasteiger partial charge is 0.271 e. The molecule has 11 heteroatoms. The Morgan fingerprint density at radius 2 is 1.80 bits per heavy atom. The molecule has 30 heavy (non-hydrogen) atoms. The standard InChI is InChI=1S/C19H21FN4O5S/c1-14(19(25)21-16-5-3-6-17(13-16)24(26)27)22-8-10-23(11-9-22)30(28,29)18-7-2-4-15(20)12-18/h2-7,12-14H,8-11H2,1H3,(H,21,25)/t14-/m1/s1. The third-order valence-electron chi connectivity index (χ3n) is 4.96. The van der Waals surface area contributed by atoms with Crippen molar-refractivity contribution in [3.05, 3.63) is 64.5 Å². The SMILES string of the molecule is C[C@H](C(=O)Nc1cccc([N+](=O)[O-])c1)N1CCN(S(=O)(=O)c2cccc(F)c2)CC1. The minimum absolute atomic E-state index is 0.104. The molecule has 0 aromatic heterocycles. The number of rotatable bonds is 6. The fraction of sp³-hybridized carbons (Fsp3) is 0.316. The number of sulfonamides is 1. The molecule has 0 aliphatic carbocycles. The quantitative estimate of drug-likeness (QED) is 0.548. The first-order chi connectivity index (χ1) is 14.2. The molecule has 0 radical (unpaired) electrons. The third kappa shape index (κ3) is 4.81. The van der Waals surface area contributed by atoms with Crippen LogP contribution in [0.3, 0.4) is 0 Å². The molecule has 2 aromatic carbocycles. The van der Waals surface area contributed by atoms with Crippen LogP contribution in [0.5, 0.6) is 0 Å². The number of nitrogens with zero attached hydrogens (tertiary/aromatic N) is 3. The normalized spacial score (nSPS) is 16.7. The van der Waals surface area contributed by atoms with Gasteiger partial charge in [-0.3, -0.25) is 19.8 Å². The van der Waals surface area contributed by atoms with Crippen LogP contribution in [0.25, 0.3) is 0 Å². The lowest BCUT2D eigenvalue weighted by Crippen LogP contribution is -2.53. The number of hydrogen-bond acceptors (Lipinski definition) is 6. The van der Waals surface area contributed by atoms with Crippen molar-refractivity contribution in [3.8, 4) is 0 Å². The number of non-ortho nitro benzene ring substituents is 1.